The van der Waals surface area contributed by atoms with E-state index in [4.69, 9.17) is 20.9 Å². The minimum absolute atomic E-state index is 0.326. The number of para-hydroxylation sites is 2. The van der Waals surface area contributed by atoms with E-state index in [2.05, 4.69) is 0 Å². The summed E-state index contributed by atoms with van der Waals surface area (Å²) in [4.78, 5) is 26.7. The lowest BCUT2D eigenvalue weighted by Gasteiger charge is -2.37. The molecule has 0 spiro atoms. The van der Waals surface area contributed by atoms with Crippen LogP contribution in [0.25, 0.3) is 0 Å². The zero-order chi connectivity index (χ0) is 22.1. The van der Waals surface area contributed by atoms with Gasteiger partial charge in [0.2, 0.25) is 5.91 Å². The second-order valence-electron chi connectivity index (χ2n) is 8.75. The molecule has 1 saturated heterocycles. The van der Waals surface area contributed by atoms with Crippen molar-refractivity contribution in [3.63, 3.8) is 0 Å². The standard InChI is InChI=1S/C23H29N3O4/c1-22(2,3)30-21(28)26-18(13-14-23(26,4)20(25)27)15-9-11-16(12-10-15)29-19-8-6-5-7-17(19)24/h5-12,18H,13-14,24H2,1-4H3,(H2,25,27)/t18-,23+/m1/s1. The molecule has 3 rings (SSSR count). The fourth-order valence-corrected chi connectivity index (χ4v) is 3.67. The molecule has 0 saturated carbocycles. The van der Waals surface area contributed by atoms with Gasteiger partial charge in [-0.2, -0.15) is 0 Å². The van der Waals surface area contributed by atoms with E-state index in [1.54, 1.807) is 39.8 Å². The van der Waals surface area contributed by atoms with Crippen molar-refractivity contribution in [3.05, 3.63) is 54.1 Å². The summed E-state index contributed by atoms with van der Waals surface area (Å²) in [5.41, 5.74) is 11.2. The highest BCUT2D eigenvalue weighted by atomic mass is 16.6. The van der Waals surface area contributed by atoms with Crippen LogP contribution in [0.2, 0.25) is 0 Å². The van der Waals surface area contributed by atoms with Crippen LogP contribution in [-0.2, 0) is 9.53 Å². The van der Waals surface area contributed by atoms with E-state index in [1.165, 1.54) is 4.90 Å². The van der Waals surface area contributed by atoms with Gasteiger partial charge in [-0.05, 0) is 70.4 Å². The highest BCUT2D eigenvalue weighted by Crippen LogP contribution is 2.44. The summed E-state index contributed by atoms with van der Waals surface area (Å²) in [6, 6.07) is 14.3. The Hall–Kier alpha value is -3.22. The third kappa shape index (κ3) is 4.35. The largest absolute Gasteiger partial charge is 0.455 e. The quantitative estimate of drug-likeness (QED) is 0.726. The third-order valence-electron chi connectivity index (χ3n) is 5.28. The van der Waals surface area contributed by atoms with Gasteiger partial charge in [-0.1, -0.05) is 24.3 Å². The number of carbonyl (C=O) groups excluding carboxylic acids is 2. The summed E-state index contributed by atoms with van der Waals surface area (Å²) in [6.07, 6.45) is 0.513. The van der Waals surface area contributed by atoms with E-state index in [1.807, 2.05) is 36.4 Å². The van der Waals surface area contributed by atoms with Crippen LogP contribution in [0.3, 0.4) is 0 Å². The molecule has 0 aromatic heterocycles. The second kappa shape index (κ2) is 7.89. The number of hydrogen-bond donors (Lipinski definition) is 2. The number of likely N-dealkylation sites (tertiary alicyclic amines) is 1. The predicted molar refractivity (Wildman–Crippen MR) is 115 cm³/mol. The van der Waals surface area contributed by atoms with Crippen LogP contribution in [0.1, 0.15) is 52.1 Å². The molecule has 0 radical (unpaired) electrons. The van der Waals surface area contributed by atoms with E-state index >= 15 is 0 Å². The molecule has 7 nitrogen and oxygen atoms in total. The maximum atomic E-state index is 13.0. The van der Waals surface area contributed by atoms with Crippen LogP contribution in [0.5, 0.6) is 11.5 Å². The predicted octanol–water partition coefficient (Wildman–Crippen LogP) is 4.38. The number of hydrogen-bond acceptors (Lipinski definition) is 5. The summed E-state index contributed by atoms with van der Waals surface area (Å²) in [5, 5.41) is 0. The Morgan fingerprint density at radius 3 is 2.30 bits per heavy atom. The average Bonchev–Trinajstić information content (AvgIpc) is 3.02. The SMILES string of the molecule is CC(C)(C)OC(=O)N1[C@@H](c2ccc(Oc3ccccc3N)cc2)CC[C@@]1(C)C(N)=O. The van der Waals surface area contributed by atoms with Gasteiger partial charge in [-0.3, -0.25) is 9.69 Å². The van der Waals surface area contributed by atoms with Crippen molar-refractivity contribution < 1.29 is 19.1 Å². The summed E-state index contributed by atoms with van der Waals surface area (Å²) >= 11 is 0. The van der Waals surface area contributed by atoms with Crippen molar-refractivity contribution in [1.29, 1.82) is 0 Å². The Bertz CT molecular complexity index is 936. The topological polar surface area (TPSA) is 108 Å². The van der Waals surface area contributed by atoms with E-state index in [-0.39, 0.29) is 6.04 Å². The number of anilines is 1. The smallest absolute Gasteiger partial charge is 0.411 e. The molecule has 2 amide bonds. The molecule has 1 aliphatic heterocycles. The molecule has 0 unspecified atom stereocenters. The van der Waals surface area contributed by atoms with Gasteiger partial charge in [0, 0.05) is 0 Å². The van der Waals surface area contributed by atoms with E-state index in [0.717, 1.165) is 5.56 Å². The molecule has 4 N–H and O–H groups in total. The van der Waals surface area contributed by atoms with Crippen LogP contribution >= 0.6 is 0 Å². The van der Waals surface area contributed by atoms with Crippen molar-refractivity contribution in [2.45, 2.75) is 57.7 Å². The molecular weight excluding hydrogens is 382 g/mol. The Balaban J connectivity index is 1.86. The van der Waals surface area contributed by atoms with Crippen LogP contribution in [0.4, 0.5) is 10.5 Å². The monoisotopic (exact) mass is 411 g/mol. The minimum Gasteiger partial charge on any atom is -0.455 e. The zero-order valence-electron chi connectivity index (χ0n) is 17.8. The lowest BCUT2D eigenvalue weighted by molar-refractivity contribution is -0.128. The van der Waals surface area contributed by atoms with Crippen LogP contribution < -0.4 is 16.2 Å². The number of rotatable bonds is 4. The highest BCUT2D eigenvalue weighted by molar-refractivity contribution is 5.89. The summed E-state index contributed by atoms with van der Waals surface area (Å²) in [5.74, 6) is 0.647. The molecular formula is C23H29N3O4. The molecule has 2 aromatic rings. The van der Waals surface area contributed by atoms with Gasteiger partial charge in [0.15, 0.2) is 0 Å². The van der Waals surface area contributed by atoms with Gasteiger partial charge in [0.25, 0.3) is 0 Å². The Morgan fingerprint density at radius 2 is 1.73 bits per heavy atom. The number of amides is 2. The Labute approximate surface area is 176 Å². The molecule has 0 bridgehead atoms. The Kier molecular flexibility index (Phi) is 5.65. The molecule has 1 aliphatic rings. The molecule has 2 aromatic carbocycles. The minimum atomic E-state index is -1.11. The normalized spacial score (nSPS) is 21.3. The van der Waals surface area contributed by atoms with Crippen LogP contribution in [-0.4, -0.2) is 28.0 Å². The first-order valence-corrected chi connectivity index (χ1v) is 9.96. The van der Waals surface area contributed by atoms with E-state index in [0.29, 0.717) is 30.0 Å². The first kappa shape index (κ1) is 21.5. The van der Waals surface area contributed by atoms with Gasteiger partial charge >= 0.3 is 6.09 Å². The van der Waals surface area contributed by atoms with Crippen LogP contribution in [0, 0.1) is 0 Å². The fourth-order valence-electron chi connectivity index (χ4n) is 3.67. The molecule has 2 atom stereocenters. The number of nitrogens with zero attached hydrogens (tertiary/aromatic N) is 1. The molecule has 0 aliphatic carbocycles. The molecule has 160 valence electrons. The van der Waals surface area contributed by atoms with Gasteiger partial charge < -0.3 is 20.9 Å². The molecule has 7 heteroatoms. The van der Waals surface area contributed by atoms with Crippen molar-refractivity contribution in [2.75, 3.05) is 5.73 Å². The van der Waals surface area contributed by atoms with Gasteiger partial charge in [-0.15, -0.1) is 0 Å². The van der Waals surface area contributed by atoms with Crippen molar-refractivity contribution in [2.24, 2.45) is 5.73 Å². The lowest BCUT2D eigenvalue weighted by atomic mass is 9.98. The maximum absolute atomic E-state index is 13.0. The third-order valence-corrected chi connectivity index (χ3v) is 5.28. The number of primary amides is 1. The number of carbonyl (C=O) groups is 2. The summed E-state index contributed by atoms with van der Waals surface area (Å²) < 4.78 is 11.4. The first-order valence-electron chi connectivity index (χ1n) is 9.96. The average molecular weight is 412 g/mol. The van der Waals surface area contributed by atoms with Crippen molar-refractivity contribution in [3.8, 4) is 11.5 Å². The van der Waals surface area contributed by atoms with Crippen LogP contribution in [0.15, 0.2) is 48.5 Å². The number of benzene rings is 2. The van der Waals surface area contributed by atoms with E-state index < -0.39 is 23.1 Å². The zero-order valence-corrected chi connectivity index (χ0v) is 17.8. The van der Waals surface area contributed by atoms with Crippen molar-refractivity contribution >= 4 is 17.7 Å². The van der Waals surface area contributed by atoms with Gasteiger partial charge in [0.05, 0.1) is 11.7 Å². The van der Waals surface area contributed by atoms with E-state index in [9.17, 15) is 9.59 Å². The molecule has 1 fully saturated rings. The first-order chi connectivity index (χ1) is 14.0. The van der Waals surface area contributed by atoms with Gasteiger partial charge in [-0.25, -0.2) is 4.79 Å². The maximum Gasteiger partial charge on any atom is 0.411 e. The Morgan fingerprint density at radius 1 is 1.10 bits per heavy atom. The second-order valence-corrected chi connectivity index (χ2v) is 8.75. The summed E-state index contributed by atoms with van der Waals surface area (Å²) in [6.45, 7) is 7.06. The molecule has 30 heavy (non-hydrogen) atoms. The summed E-state index contributed by atoms with van der Waals surface area (Å²) in [7, 11) is 0. The van der Waals surface area contributed by atoms with Crippen molar-refractivity contribution in [1.82, 2.24) is 4.90 Å². The number of nitrogens with two attached hydrogens (primary N) is 2. The lowest BCUT2D eigenvalue weighted by Crippen LogP contribution is -2.55. The molecule has 1 heterocycles. The highest BCUT2D eigenvalue weighted by Gasteiger charge is 2.51. The fraction of sp³-hybridized carbons (Fsp3) is 0.391. The number of ether oxygens (including phenoxy) is 2. The van der Waals surface area contributed by atoms with Gasteiger partial charge in [0.1, 0.15) is 22.6 Å². The number of nitrogen functional groups attached to an aromatic ring is 1.